The minimum Gasteiger partial charge on any atom is -0.437 e. The van der Waals surface area contributed by atoms with E-state index in [-0.39, 0.29) is 0 Å². The quantitative estimate of drug-likeness (QED) is 0.231. The fourth-order valence-electron chi connectivity index (χ4n) is 4.20. The molecule has 3 nitrogen and oxygen atoms in total. The number of aromatic nitrogens is 2. The van der Waals surface area contributed by atoms with Crippen LogP contribution in [0.15, 0.2) is 30.5 Å². The Balaban J connectivity index is 1.91. The van der Waals surface area contributed by atoms with Crippen molar-refractivity contribution in [3.8, 4) is 11.6 Å². The molecular weight excluding hydrogens is 392 g/mol. The first-order valence-electron chi connectivity index (χ1n) is 13.3. The summed E-state index contributed by atoms with van der Waals surface area (Å²) in [6, 6.07) is 8.56. The van der Waals surface area contributed by atoms with E-state index < -0.39 is 0 Å². The van der Waals surface area contributed by atoms with Crippen LogP contribution in [0, 0.1) is 6.92 Å². The minimum atomic E-state index is 0.481. The summed E-state index contributed by atoms with van der Waals surface area (Å²) < 4.78 is 6.17. The third-order valence-corrected chi connectivity index (χ3v) is 6.37. The van der Waals surface area contributed by atoms with Crippen LogP contribution < -0.4 is 4.74 Å². The van der Waals surface area contributed by atoms with Crippen molar-refractivity contribution in [3.05, 3.63) is 47.4 Å². The van der Waals surface area contributed by atoms with Crippen LogP contribution in [-0.4, -0.2) is 9.97 Å². The normalized spacial score (nSPS) is 11.3. The summed E-state index contributed by atoms with van der Waals surface area (Å²) in [7, 11) is 0. The SMILES string of the molecule is CCCCCCCCCc1ccc(Oc2nc(C(CCCC)CCCC)cnc2C)cc1. The smallest absolute Gasteiger partial charge is 0.241 e. The number of rotatable bonds is 17. The molecule has 1 aromatic carbocycles. The Labute approximate surface area is 197 Å². The highest BCUT2D eigenvalue weighted by atomic mass is 16.5. The van der Waals surface area contributed by atoms with Crippen molar-refractivity contribution < 1.29 is 4.74 Å². The highest BCUT2D eigenvalue weighted by Crippen LogP contribution is 2.29. The van der Waals surface area contributed by atoms with Gasteiger partial charge in [0.25, 0.3) is 0 Å². The monoisotopic (exact) mass is 438 g/mol. The molecular formula is C29H46N2O. The van der Waals surface area contributed by atoms with Gasteiger partial charge >= 0.3 is 0 Å². The van der Waals surface area contributed by atoms with Crippen LogP contribution in [0.1, 0.15) is 127 Å². The van der Waals surface area contributed by atoms with Gasteiger partial charge in [-0.2, -0.15) is 0 Å². The van der Waals surface area contributed by atoms with E-state index in [1.165, 1.54) is 89.0 Å². The van der Waals surface area contributed by atoms with Crippen LogP contribution in [0.2, 0.25) is 0 Å². The highest BCUT2D eigenvalue weighted by molar-refractivity contribution is 5.32. The minimum absolute atomic E-state index is 0.481. The van der Waals surface area contributed by atoms with Gasteiger partial charge in [-0.25, -0.2) is 4.98 Å². The van der Waals surface area contributed by atoms with Crippen molar-refractivity contribution in [2.45, 2.75) is 124 Å². The molecule has 0 aliphatic rings. The summed E-state index contributed by atoms with van der Waals surface area (Å²) in [5, 5.41) is 0. The van der Waals surface area contributed by atoms with Crippen molar-refractivity contribution >= 4 is 0 Å². The van der Waals surface area contributed by atoms with Crippen LogP contribution >= 0.6 is 0 Å². The van der Waals surface area contributed by atoms with E-state index in [4.69, 9.17) is 9.72 Å². The van der Waals surface area contributed by atoms with Crippen molar-refractivity contribution in [1.29, 1.82) is 0 Å². The third kappa shape index (κ3) is 9.71. The Morgan fingerprint density at radius 3 is 1.97 bits per heavy atom. The Kier molecular flexibility index (Phi) is 13.0. The van der Waals surface area contributed by atoms with Crippen LogP contribution in [0.4, 0.5) is 0 Å². The third-order valence-electron chi connectivity index (χ3n) is 6.37. The number of ether oxygens (including phenoxy) is 1. The molecule has 0 radical (unpaired) electrons. The predicted octanol–water partition coefficient (Wildman–Crippen LogP) is 9.33. The molecule has 0 atom stereocenters. The maximum Gasteiger partial charge on any atom is 0.241 e. The largest absolute Gasteiger partial charge is 0.437 e. The average Bonchev–Trinajstić information content (AvgIpc) is 2.81. The summed E-state index contributed by atoms with van der Waals surface area (Å²) >= 11 is 0. The molecule has 3 heteroatoms. The lowest BCUT2D eigenvalue weighted by Crippen LogP contribution is -2.05. The van der Waals surface area contributed by atoms with Gasteiger partial charge in [0.05, 0.1) is 11.4 Å². The second kappa shape index (κ2) is 15.8. The molecule has 0 N–H and O–H groups in total. The van der Waals surface area contributed by atoms with Gasteiger partial charge in [0.1, 0.15) is 5.75 Å². The first-order chi connectivity index (χ1) is 15.7. The van der Waals surface area contributed by atoms with Gasteiger partial charge < -0.3 is 4.74 Å². The lowest BCUT2D eigenvalue weighted by Gasteiger charge is -2.17. The van der Waals surface area contributed by atoms with Gasteiger partial charge in [-0.15, -0.1) is 0 Å². The molecule has 178 valence electrons. The van der Waals surface area contributed by atoms with Gasteiger partial charge in [0.2, 0.25) is 5.88 Å². The average molecular weight is 439 g/mol. The Morgan fingerprint density at radius 2 is 1.34 bits per heavy atom. The fourth-order valence-corrected chi connectivity index (χ4v) is 4.20. The van der Waals surface area contributed by atoms with Gasteiger partial charge in [-0.1, -0.05) is 97.1 Å². The number of nitrogens with zero attached hydrogens (tertiary/aromatic N) is 2. The van der Waals surface area contributed by atoms with Crippen molar-refractivity contribution in [2.24, 2.45) is 0 Å². The zero-order chi connectivity index (χ0) is 23.0. The van der Waals surface area contributed by atoms with E-state index >= 15 is 0 Å². The number of hydrogen-bond donors (Lipinski definition) is 0. The number of hydrogen-bond acceptors (Lipinski definition) is 3. The maximum atomic E-state index is 6.17. The van der Waals surface area contributed by atoms with E-state index in [2.05, 4.69) is 50.0 Å². The second-order valence-electron chi connectivity index (χ2n) is 9.28. The summed E-state index contributed by atoms with van der Waals surface area (Å²) in [5.74, 6) is 1.98. The molecule has 1 aromatic heterocycles. The number of unbranched alkanes of at least 4 members (excludes halogenated alkanes) is 8. The summed E-state index contributed by atoms with van der Waals surface area (Å²) in [6.07, 6.45) is 19.8. The Hall–Kier alpha value is -1.90. The molecule has 1 heterocycles. The van der Waals surface area contributed by atoms with Crippen LogP contribution in [-0.2, 0) is 6.42 Å². The molecule has 2 rings (SSSR count). The molecule has 0 aliphatic heterocycles. The van der Waals surface area contributed by atoms with Crippen LogP contribution in [0.3, 0.4) is 0 Å². The molecule has 0 unspecified atom stereocenters. The first-order valence-corrected chi connectivity index (χ1v) is 13.3. The number of benzene rings is 1. The molecule has 0 aliphatic carbocycles. The standard InChI is InChI=1S/C29H46N2O/c1-5-8-11-12-13-14-15-16-25-19-21-27(22-20-25)32-29-24(4)30-23-28(31-29)26(17-9-6-2)18-10-7-3/h19-23,26H,5-18H2,1-4H3. The zero-order valence-electron chi connectivity index (χ0n) is 21.2. The molecule has 0 fully saturated rings. The summed E-state index contributed by atoms with van der Waals surface area (Å²) in [6.45, 7) is 8.76. The molecule has 2 aromatic rings. The summed E-state index contributed by atoms with van der Waals surface area (Å²) in [5.41, 5.74) is 3.33. The predicted molar refractivity (Wildman–Crippen MR) is 137 cm³/mol. The van der Waals surface area contributed by atoms with Crippen LogP contribution in [0.5, 0.6) is 11.6 Å². The molecule has 0 saturated carbocycles. The van der Waals surface area contributed by atoms with Crippen molar-refractivity contribution in [3.63, 3.8) is 0 Å². The lowest BCUT2D eigenvalue weighted by atomic mass is 9.93. The fraction of sp³-hybridized carbons (Fsp3) is 0.655. The van der Waals surface area contributed by atoms with Gasteiger partial charge in [0, 0.05) is 12.1 Å². The second-order valence-corrected chi connectivity index (χ2v) is 9.28. The molecule has 0 saturated heterocycles. The number of aryl methyl sites for hydroxylation is 2. The molecule has 0 spiro atoms. The van der Waals surface area contributed by atoms with Gasteiger partial charge in [-0.05, 0) is 50.3 Å². The van der Waals surface area contributed by atoms with Gasteiger partial charge in [-0.3, -0.25) is 4.98 Å². The van der Waals surface area contributed by atoms with Gasteiger partial charge in [0.15, 0.2) is 0 Å². The van der Waals surface area contributed by atoms with Crippen molar-refractivity contribution in [1.82, 2.24) is 9.97 Å². The first kappa shape index (κ1) is 26.4. The van der Waals surface area contributed by atoms with E-state index in [0.29, 0.717) is 11.8 Å². The van der Waals surface area contributed by atoms with E-state index in [0.717, 1.165) is 23.6 Å². The van der Waals surface area contributed by atoms with E-state index in [9.17, 15) is 0 Å². The summed E-state index contributed by atoms with van der Waals surface area (Å²) in [4.78, 5) is 9.52. The van der Waals surface area contributed by atoms with E-state index in [1.807, 2.05) is 13.1 Å². The molecule has 32 heavy (non-hydrogen) atoms. The Bertz CT molecular complexity index is 733. The molecule has 0 amide bonds. The highest BCUT2D eigenvalue weighted by Gasteiger charge is 2.16. The molecule has 0 bridgehead atoms. The lowest BCUT2D eigenvalue weighted by molar-refractivity contribution is 0.442. The maximum absolute atomic E-state index is 6.17. The van der Waals surface area contributed by atoms with E-state index in [1.54, 1.807) is 0 Å². The Morgan fingerprint density at radius 1 is 0.750 bits per heavy atom. The zero-order valence-corrected chi connectivity index (χ0v) is 21.2. The van der Waals surface area contributed by atoms with Crippen LogP contribution in [0.25, 0.3) is 0 Å². The van der Waals surface area contributed by atoms with Crippen molar-refractivity contribution in [2.75, 3.05) is 0 Å². The topological polar surface area (TPSA) is 35.0 Å².